The summed E-state index contributed by atoms with van der Waals surface area (Å²) in [5.74, 6) is 0.406. The van der Waals surface area contributed by atoms with Crippen LogP contribution < -0.4 is 5.43 Å². The lowest BCUT2D eigenvalue weighted by atomic mass is 10.3. The summed E-state index contributed by atoms with van der Waals surface area (Å²) >= 11 is 5.54. The lowest BCUT2D eigenvalue weighted by Crippen LogP contribution is -2.10. The Labute approximate surface area is 81.6 Å². The van der Waals surface area contributed by atoms with E-state index in [1.165, 1.54) is 6.07 Å². The molecule has 0 aromatic carbocycles. The summed E-state index contributed by atoms with van der Waals surface area (Å²) in [4.78, 5) is 11.0. The average molecular weight is 202 g/mol. The SMILES string of the molecule is Cc1c(O)c(=O)ccn1CCCCl. The van der Waals surface area contributed by atoms with Crippen LogP contribution in [0.4, 0.5) is 0 Å². The van der Waals surface area contributed by atoms with E-state index in [0.717, 1.165) is 13.0 Å². The van der Waals surface area contributed by atoms with Crippen LogP contribution in [0.3, 0.4) is 0 Å². The highest BCUT2D eigenvalue weighted by molar-refractivity contribution is 6.17. The molecular formula is C9H12ClNO2. The summed E-state index contributed by atoms with van der Waals surface area (Å²) in [5.41, 5.74) is 0.261. The van der Waals surface area contributed by atoms with Gasteiger partial charge < -0.3 is 9.67 Å². The van der Waals surface area contributed by atoms with Gasteiger partial charge in [0.2, 0.25) is 5.43 Å². The van der Waals surface area contributed by atoms with Crippen LogP contribution in [0.15, 0.2) is 17.1 Å². The Balaban J connectivity index is 2.97. The molecule has 0 unspecified atom stereocenters. The van der Waals surface area contributed by atoms with Gasteiger partial charge in [-0.15, -0.1) is 11.6 Å². The van der Waals surface area contributed by atoms with Crippen molar-refractivity contribution in [2.75, 3.05) is 5.88 Å². The van der Waals surface area contributed by atoms with Gasteiger partial charge in [0.05, 0.1) is 5.69 Å². The standard InChI is InChI=1S/C9H12ClNO2/c1-7-9(13)8(12)3-6-11(7)5-2-4-10/h3,6,13H,2,4-5H2,1H3. The summed E-state index contributed by atoms with van der Waals surface area (Å²) in [6.07, 6.45) is 2.49. The molecule has 1 rings (SSSR count). The fraction of sp³-hybridized carbons (Fsp3) is 0.444. The highest BCUT2D eigenvalue weighted by atomic mass is 35.5. The Bertz CT molecular complexity index is 346. The zero-order valence-electron chi connectivity index (χ0n) is 7.46. The first-order chi connectivity index (χ1) is 6.16. The number of aromatic hydroxyl groups is 1. The van der Waals surface area contributed by atoms with Gasteiger partial charge in [-0.1, -0.05) is 0 Å². The molecule has 0 bridgehead atoms. The van der Waals surface area contributed by atoms with Crippen LogP contribution in [0.5, 0.6) is 5.75 Å². The smallest absolute Gasteiger partial charge is 0.223 e. The van der Waals surface area contributed by atoms with E-state index in [0.29, 0.717) is 11.6 Å². The van der Waals surface area contributed by atoms with Crippen molar-refractivity contribution in [1.82, 2.24) is 4.57 Å². The summed E-state index contributed by atoms with van der Waals surface area (Å²) in [7, 11) is 0. The molecule has 72 valence electrons. The Morgan fingerprint density at radius 1 is 1.62 bits per heavy atom. The molecule has 1 aromatic rings. The second-order valence-electron chi connectivity index (χ2n) is 2.85. The molecule has 0 fully saturated rings. The lowest BCUT2D eigenvalue weighted by Gasteiger charge is -2.09. The largest absolute Gasteiger partial charge is 0.503 e. The third-order valence-electron chi connectivity index (χ3n) is 1.95. The summed E-state index contributed by atoms with van der Waals surface area (Å²) in [6.45, 7) is 2.44. The van der Waals surface area contributed by atoms with Crippen molar-refractivity contribution < 1.29 is 5.11 Å². The maximum absolute atomic E-state index is 11.0. The van der Waals surface area contributed by atoms with Crippen molar-refractivity contribution in [3.8, 4) is 5.75 Å². The maximum atomic E-state index is 11.0. The molecule has 0 atom stereocenters. The van der Waals surface area contributed by atoms with E-state index in [2.05, 4.69) is 0 Å². The van der Waals surface area contributed by atoms with Crippen LogP contribution >= 0.6 is 11.6 Å². The van der Waals surface area contributed by atoms with Crippen molar-refractivity contribution in [1.29, 1.82) is 0 Å². The van der Waals surface area contributed by atoms with E-state index in [-0.39, 0.29) is 11.2 Å². The molecule has 1 N–H and O–H groups in total. The predicted molar refractivity (Wildman–Crippen MR) is 52.4 cm³/mol. The third kappa shape index (κ3) is 2.25. The minimum absolute atomic E-state index is 0.169. The molecule has 0 saturated carbocycles. The van der Waals surface area contributed by atoms with Crippen LogP contribution in [0, 0.1) is 6.92 Å². The molecule has 0 saturated heterocycles. The van der Waals surface area contributed by atoms with Gasteiger partial charge in [-0.05, 0) is 13.3 Å². The number of aryl methyl sites for hydroxylation is 1. The van der Waals surface area contributed by atoms with Crippen LogP contribution in [-0.2, 0) is 6.54 Å². The van der Waals surface area contributed by atoms with Crippen LogP contribution in [0.25, 0.3) is 0 Å². The number of alkyl halides is 1. The van der Waals surface area contributed by atoms with Gasteiger partial charge in [0.25, 0.3) is 0 Å². The number of aromatic nitrogens is 1. The van der Waals surface area contributed by atoms with Gasteiger partial charge >= 0.3 is 0 Å². The lowest BCUT2D eigenvalue weighted by molar-refractivity contribution is 0.452. The van der Waals surface area contributed by atoms with Gasteiger partial charge in [-0.2, -0.15) is 0 Å². The molecule has 3 nitrogen and oxygen atoms in total. The fourth-order valence-corrected chi connectivity index (χ4v) is 1.25. The van der Waals surface area contributed by atoms with E-state index in [9.17, 15) is 9.90 Å². The predicted octanol–water partition coefficient (Wildman–Crippen LogP) is 1.49. The minimum atomic E-state index is -0.334. The number of pyridine rings is 1. The Morgan fingerprint density at radius 2 is 2.31 bits per heavy atom. The quantitative estimate of drug-likeness (QED) is 0.753. The number of halogens is 1. The summed E-state index contributed by atoms with van der Waals surface area (Å²) < 4.78 is 1.82. The molecule has 1 aromatic heterocycles. The molecule has 4 heteroatoms. The second kappa shape index (κ2) is 4.33. The van der Waals surface area contributed by atoms with E-state index in [1.54, 1.807) is 13.1 Å². The van der Waals surface area contributed by atoms with Gasteiger partial charge in [0.1, 0.15) is 0 Å². The van der Waals surface area contributed by atoms with Crippen molar-refractivity contribution in [3.63, 3.8) is 0 Å². The second-order valence-corrected chi connectivity index (χ2v) is 3.23. The first-order valence-electron chi connectivity index (χ1n) is 4.12. The molecule has 0 aliphatic heterocycles. The zero-order chi connectivity index (χ0) is 9.84. The Hall–Kier alpha value is -0.960. The maximum Gasteiger partial charge on any atom is 0.223 e. The van der Waals surface area contributed by atoms with E-state index < -0.39 is 0 Å². The van der Waals surface area contributed by atoms with E-state index >= 15 is 0 Å². The number of nitrogens with zero attached hydrogens (tertiary/aromatic N) is 1. The molecule has 1 heterocycles. The summed E-state index contributed by atoms with van der Waals surface area (Å²) in [6, 6.07) is 1.36. The van der Waals surface area contributed by atoms with Crippen molar-refractivity contribution in [3.05, 3.63) is 28.2 Å². The molecule has 0 amide bonds. The van der Waals surface area contributed by atoms with Gasteiger partial charge in [0, 0.05) is 24.7 Å². The van der Waals surface area contributed by atoms with Crippen LogP contribution in [-0.4, -0.2) is 15.6 Å². The topological polar surface area (TPSA) is 42.2 Å². The molecular weight excluding hydrogens is 190 g/mol. The molecule has 13 heavy (non-hydrogen) atoms. The third-order valence-corrected chi connectivity index (χ3v) is 2.21. The number of hydrogen-bond donors (Lipinski definition) is 1. The molecule has 0 radical (unpaired) electrons. The van der Waals surface area contributed by atoms with Gasteiger partial charge in [-0.25, -0.2) is 0 Å². The van der Waals surface area contributed by atoms with E-state index in [4.69, 9.17) is 11.6 Å². The normalized spacial score (nSPS) is 10.3. The van der Waals surface area contributed by atoms with Crippen molar-refractivity contribution >= 4 is 11.6 Å². The molecule has 0 aliphatic carbocycles. The zero-order valence-corrected chi connectivity index (χ0v) is 8.21. The van der Waals surface area contributed by atoms with Crippen molar-refractivity contribution in [2.24, 2.45) is 0 Å². The molecule has 0 spiro atoms. The minimum Gasteiger partial charge on any atom is -0.503 e. The summed E-state index contributed by atoms with van der Waals surface area (Å²) in [5, 5.41) is 9.32. The van der Waals surface area contributed by atoms with E-state index in [1.807, 2.05) is 4.57 Å². The highest BCUT2D eigenvalue weighted by Crippen LogP contribution is 2.09. The van der Waals surface area contributed by atoms with Crippen molar-refractivity contribution in [2.45, 2.75) is 19.9 Å². The Morgan fingerprint density at radius 3 is 2.92 bits per heavy atom. The van der Waals surface area contributed by atoms with Gasteiger partial charge in [0.15, 0.2) is 5.75 Å². The first-order valence-corrected chi connectivity index (χ1v) is 4.65. The monoisotopic (exact) mass is 201 g/mol. The fourth-order valence-electron chi connectivity index (χ4n) is 1.14. The highest BCUT2D eigenvalue weighted by Gasteiger charge is 2.03. The van der Waals surface area contributed by atoms with Crippen LogP contribution in [0.2, 0.25) is 0 Å². The molecule has 0 aliphatic rings. The average Bonchev–Trinajstić information content (AvgIpc) is 2.13. The van der Waals surface area contributed by atoms with Crippen LogP contribution in [0.1, 0.15) is 12.1 Å². The Kier molecular flexibility index (Phi) is 3.37. The number of rotatable bonds is 3. The number of hydrogen-bond acceptors (Lipinski definition) is 2. The van der Waals surface area contributed by atoms with Gasteiger partial charge in [-0.3, -0.25) is 4.79 Å². The first kappa shape index (κ1) is 10.1.